The van der Waals surface area contributed by atoms with Gasteiger partial charge in [0.2, 0.25) is 0 Å². The summed E-state index contributed by atoms with van der Waals surface area (Å²) in [7, 11) is 0. The number of nitrogens with one attached hydrogen (secondary N) is 2. The van der Waals surface area contributed by atoms with Gasteiger partial charge in [0.05, 0.1) is 6.04 Å². The molecule has 1 unspecified atom stereocenters. The van der Waals surface area contributed by atoms with E-state index in [1.807, 2.05) is 13.0 Å². The molecule has 17 heavy (non-hydrogen) atoms. The van der Waals surface area contributed by atoms with Crippen molar-refractivity contribution < 1.29 is 0 Å². The number of benzene rings is 1. The van der Waals surface area contributed by atoms with Gasteiger partial charge in [0, 0.05) is 29.0 Å². The molecule has 1 aromatic carbocycles. The minimum Gasteiger partial charge on any atom is -0.347 e. The smallest absolute Gasteiger partial charge is 0.122 e. The van der Waals surface area contributed by atoms with Crippen molar-refractivity contribution in [3.05, 3.63) is 52.0 Å². The highest BCUT2D eigenvalue weighted by Gasteiger charge is 2.08. The van der Waals surface area contributed by atoms with Crippen molar-refractivity contribution in [3.8, 4) is 0 Å². The van der Waals surface area contributed by atoms with Crippen LogP contribution in [0.5, 0.6) is 0 Å². The third kappa shape index (κ3) is 3.22. The van der Waals surface area contributed by atoms with Crippen molar-refractivity contribution >= 4 is 23.2 Å². The van der Waals surface area contributed by atoms with Crippen molar-refractivity contribution in [1.29, 1.82) is 0 Å². The van der Waals surface area contributed by atoms with Gasteiger partial charge in [-0.25, -0.2) is 4.98 Å². The lowest BCUT2D eigenvalue weighted by atomic mass is 10.2. The highest BCUT2D eigenvalue weighted by atomic mass is 35.5. The van der Waals surface area contributed by atoms with Crippen molar-refractivity contribution in [2.45, 2.75) is 19.5 Å². The summed E-state index contributed by atoms with van der Waals surface area (Å²) < 4.78 is 0. The number of imidazole rings is 1. The number of H-pyrrole nitrogens is 1. The molecule has 0 radical (unpaired) electrons. The topological polar surface area (TPSA) is 40.7 Å². The molecule has 0 aliphatic heterocycles. The first-order chi connectivity index (χ1) is 8.16. The van der Waals surface area contributed by atoms with E-state index in [1.165, 1.54) is 0 Å². The van der Waals surface area contributed by atoms with Crippen LogP contribution in [0.2, 0.25) is 10.0 Å². The van der Waals surface area contributed by atoms with E-state index < -0.39 is 0 Å². The normalized spacial score (nSPS) is 12.6. The average Bonchev–Trinajstić information content (AvgIpc) is 2.83. The Morgan fingerprint density at radius 3 is 2.94 bits per heavy atom. The van der Waals surface area contributed by atoms with Crippen LogP contribution in [0.15, 0.2) is 30.6 Å². The van der Waals surface area contributed by atoms with Crippen LogP contribution in [0.3, 0.4) is 0 Å². The molecular formula is C12H13Cl2N3. The number of aromatic amines is 1. The van der Waals surface area contributed by atoms with Crippen molar-refractivity contribution in [3.63, 3.8) is 0 Å². The minimum atomic E-state index is 0.139. The summed E-state index contributed by atoms with van der Waals surface area (Å²) in [5, 5.41) is 4.74. The molecule has 1 atom stereocenters. The van der Waals surface area contributed by atoms with Crippen LogP contribution in [0.25, 0.3) is 0 Å². The summed E-state index contributed by atoms with van der Waals surface area (Å²) in [6.07, 6.45) is 3.54. The SMILES string of the molecule is CC(NCc1cc(Cl)ccc1Cl)c1ncc[nH]1. The number of rotatable bonds is 4. The number of nitrogens with zero attached hydrogens (tertiary/aromatic N) is 1. The summed E-state index contributed by atoms with van der Waals surface area (Å²) >= 11 is 12.0. The van der Waals surface area contributed by atoms with Gasteiger partial charge in [-0.05, 0) is 30.7 Å². The standard InChI is InChI=1S/C12H13Cl2N3/c1-8(12-15-4-5-16-12)17-7-9-6-10(13)2-3-11(9)14/h2-6,8,17H,7H2,1H3,(H,15,16). The molecular weight excluding hydrogens is 257 g/mol. The number of aromatic nitrogens is 2. The van der Waals surface area contributed by atoms with Gasteiger partial charge in [0.1, 0.15) is 5.82 Å². The maximum Gasteiger partial charge on any atom is 0.122 e. The second-order valence-corrected chi connectivity index (χ2v) is 4.66. The van der Waals surface area contributed by atoms with E-state index in [4.69, 9.17) is 23.2 Å². The van der Waals surface area contributed by atoms with Gasteiger partial charge in [-0.1, -0.05) is 23.2 Å². The van der Waals surface area contributed by atoms with Crippen LogP contribution in [0.1, 0.15) is 24.4 Å². The Labute approximate surface area is 110 Å². The largest absolute Gasteiger partial charge is 0.347 e. The Morgan fingerprint density at radius 2 is 2.24 bits per heavy atom. The van der Waals surface area contributed by atoms with Crippen LogP contribution in [-0.4, -0.2) is 9.97 Å². The lowest BCUT2D eigenvalue weighted by Gasteiger charge is -2.12. The zero-order chi connectivity index (χ0) is 12.3. The molecule has 2 rings (SSSR count). The van der Waals surface area contributed by atoms with Gasteiger partial charge in [-0.3, -0.25) is 0 Å². The molecule has 0 aliphatic carbocycles. The Hall–Kier alpha value is -1.03. The zero-order valence-electron chi connectivity index (χ0n) is 9.37. The van der Waals surface area contributed by atoms with Crippen LogP contribution < -0.4 is 5.32 Å². The van der Waals surface area contributed by atoms with Crippen LogP contribution in [0.4, 0.5) is 0 Å². The first-order valence-electron chi connectivity index (χ1n) is 5.33. The van der Waals surface area contributed by atoms with Gasteiger partial charge in [0.15, 0.2) is 0 Å². The van der Waals surface area contributed by atoms with Gasteiger partial charge >= 0.3 is 0 Å². The summed E-state index contributed by atoms with van der Waals surface area (Å²) in [6, 6.07) is 5.59. The third-order valence-electron chi connectivity index (χ3n) is 2.54. The van der Waals surface area contributed by atoms with E-state index >= 15 is 0 Å². The quantitative estimate of drug-likeness (QED) is 0.891. The number of halogens is 2. The second-order valence-electron chi connectivity index (χ2n) is 3.81. The molecule has 0 spiro atoms. The number of hydrogen-bond acceptors (Lipinski definition) is 2. The van der Waals surface area contributed by atoms with Crippen molar-refractivity contribution in [2.24, 2.45) is 0 Å². The molecule has 2 aromatic rings. The fourth-order valence-corrected chi connectivity index (χ4v) is 1.93. The summed E-state index contributed by atoms with van der Waals surface area (Å²) in [5.74, 6) is 0.906. The van der Waals surface area contributed by atoms with E-state index in [1.54, 1.807) is 24.5 Å². The Kier molecular flexibility index (Phi) is 4.05. The molecule has 1 aromatic heterocycles. The van der Waals surface area contributed by atoms with E-state index in [0.29, 0.717) is 16.6 Å². The van der Waals surface area contributed by atoms with E-state index in [-0.39, 0.29) is 6.04 Å². The Balaban J connectivity index is 2.00. The van der Waals surface area contributed by atoms with Gasteiger partial charge in [-0.2, -0.15) is 0 Å². The fourth-order valence-electron chi connectivity index (χ4n) is 1.55. The summed E-state index contributed by atoms with van der Waals surface area (Å²) in [5.41, 5.74) is 0.984. The highest BCUT2D eigenvalue weighted by Crippen LogP contribution is 2.21. The first-order valence-corrected chi connectivity index (χ1v) is 6.09. The molecule has 5 heteroatoms. The monoisotopic (exact) mass is 269 g/mol. The molecule has 2 N–H and O–H groups in total. The molecule has 0 saturated heterocycles. The van der Waals surface area contributed by atoms with Gasteiger partial charge < -0.3 is 10.3 Å². The lowest BCUT2D eigenvalue weighted by Crippen LogP contribution is -2.19. The third-order valence-corrected chi connectivity index (χ3v) is 3.14. The van der Waals surface area contributed by atoms with E-state index in [2.05, 4.69) is 15.3 Å². The highest BCUT2D eigenvalue weighted by molar-refractivity contribution is 6.33. The molecule has 90 valence electrons. The summed E-state index contributed by atoms with van der Waals surface area (Å²) in [6.45, 7) is 2.69. The molecule has 1 heterocycles. The predicted octanol–water partition coefficient (Wildman–Crippen LogP) is 3.57. The van der Waals surface area contributed by atoms with Gasteiger partial charge in [-0.15, -0.1) is 0 Å². The lowest BCUT2D eigenvalue weighted by molar-refractivity contribution is 0.551. The van der Waals surface area contributed by atoms with E-state index in [0.717, 1.165) is 11.4 Å². The molecule has 0 aliphatic rings. The van der Waals surface area contributed by atoms with Crippen molar-refractivity contribution in [2.75, 3.05) is 0 Å². The second kappa shape index (κ2) is 5.54. The predicted molar refractivity (Wildman–Crippen MR) is 70.3 cm³/mol. The molecule has 3 nitrogen and oxygen atoms in total. The van der Waals surface area contributed by atoms with Gasteiger partial charge in [0.25, 0.3) is 0 Å². The molecule has 0 fully saturated rings. The van der Waals surface area contributed by atoms with Crippen LogP contribution in [0, 0.1) is 0 Å². The zero-order valence-corrected chi connectivity index (χ0v) is 10.9. The number of hydrogen-bond donors (Lipinski definition) is 2. The summed E-state index contributed by atoms with van der Waals surface area (Å²) in [4.78, 5) is 7.26. The van der Waals surface area contributed by atoms with E-state index in [9.17, 15) is 0 Å². The first kappa shape index (κ1) is 12.4. The molecule has 0 saturated carbocycles. The van der Waals surface area contributed by atoms with Crippen LogP contribution in [-0.2, 0) is 6.54 Å². The van der Waals surface area contributed by atoms with Crippen molar-refractivity contribution in [1.82, 2.24) is 15.3 Å². The minimum absolute atomic E-state index is 0.139. The van der Waals surface area contributed by atoms with Crippen LogP contribution >= 0.6 is 23.2 Å². The maximum absolute atomic E-state index is 6.08. The maximum atomic E-state index is 6.08. The average molecular weight is 270 g/mol. The fraction of sp³-hybridized carbons (Fsp3) is 0.250. The molecule has 0 amide bonds. The molecule has 0 bridgehead atoms. The Morgan fingerprint density at radius 1 is 1.41 bits per heavy atom. The Bertz CT molecular complexity index is 483.